The predicted octanol–water partition coefficient (Wildman–Crippen LogP) is 0.878. The lowest BCUT2D eigenvalue weighted by Crippen LogP contribution is -2.02. The van der Waals surface area contributed by atoms with Crippen LogP contribution in [0, 0.1) is 5.92 Å². The maximum Gasteiger partial charge on any atom is 0.104 e. The first-order valence-electron chi connectivity index (χ1n) is 2.93. The van der Waals surface area contributed by atoms with Crippen molar-refractivity contribution >= 4 is 21.9 Å². The van der Waals surface area contributed by atoms with E-state index < -0.39 is 10.1 Å². The topological polar surface area (TPSA) is 57.2 Å². The van der Waals surface area contributed by atoms with Gasteiger partial charge in [0.05, 0.1) is 5.08 Å². The minimum Gasteiger partial charge on any atom is -0.747 e. The average molecular weight is 183 g/mol. The Kier molecular flexibility index (Phi) is 4.31. The molecule has 0 aliphatic carbocycles. The number of thioether (sulfide) groups is 1. The molecule has 62 valence electrons. The second-order valence-electron chi connectivity index (χ2n) is 2.44. The molecule has 0 aromatic carbocycles. The zero-order chi connectivity index (χ0) is 8.20. The molecule has 0 saturated carbocycles. The molecule has 0 aromatic rings. The largest absolute Gasteiger partial charge is 0.747 e. The Morgan fingerprint density at radius 3 is 2.30 bits per heavy atom. The van der Waals surface area contributed by atoms with Crippen molar-refractivity contribution in [3.05, 3.63) is 0 Å². The lowest BCUT2D eigenvalue weighted by Gasteiger charge is -2.07. The zero-order valence-corrected chi connectivity index (χ0v) is 7.67. The molecule has 0 amide bonds. The number of hydrogen-bond acceptors (Lipinski definition) is 4. The fourth-order valence-corrected chi connectivity index (χ4v) is 2.06. The molecule has 0 aromatic heterocycles. The van der Waals surface area contributed by atoms with Gasteiger partial charge >= 0.3 is 0 Å². The van der Waals surface area contributed by atoms with E-state index in [0.717, 1.165) is 5.75 Å². The smallest absolute Gasteiger partial charge is 0.104 e. The Bertz CT molecular complexity index is 171. The lowest BCUT2D eigenvalue weighted by molar-refractivity contribution is 0.468. The highest BCUT2D eigenvalue weighted by Crippen LogP contribution is 2.08. The third-order valence-electron chi connectivity index (χ3n) is 0.679. The monoisotopic (exact) mass is 183 g/mol. The molecule has 0 spiro atoms. The van der Waals surface area contributed by atoms with Crippen molar-refractivity contribution in [1.82, 2.24) is 0 Å². The van der Waals surface area contributed by atoms with Crippen molar-refractivity contribution in [2.24, 2.45) is 5.92 Å². The molecule has 0 rings (SSSR count). The Labute approximate surface area is 66.0 Å². The molecule has 3 nitrogen and oxygen atoms in total. The van der Waals surface area contributed by atoms with Crippen molar-refractivity contribution in [2.45, 2.75) is 13.8 Å². The van der Waals surface area contributed by atoms with Crippen molar-refractivity contribution < 1.29 is 13.0 Å². The van der Waals surface area contributed by atoms with Crippen LogP contribution in [0.3, 0.4) is 0 Å². The molecule has 0 N–H and O–H groups in total. The van der Waals surface area contributed by atoms with Crippen LogP contribution in [-0.4, -0.2) is 23.8 Å². The molecule has 0 atom stereocenters. The summed E-state index contributed by atoms with van der Waals surface area (Å²) in [7, 11) is -4.01. The van der Waals surface area contributed by atoms with Gasteiger partial charge in [-0.15, -0.1) is 11.8 Å². The average Bonchev–Trinajstić information content (AvgIpc) is 1.59. The van der Waals surface area contributed by atoms with Crippen molar-refractivity contribution in [3.63, 3.8) is 0 Å². The third-order valence-corrected chi connectivity index (χ3v) is 3.40. The Morgan fingerprint density at radius 2 is 2.00 bits per heavy atom. The molecule has 10 heavy (non-hydrogen) atoms. The van der Waals surface area contributed by atoms with Gasteiger partial charge in [0.1, 0.15) is 10.1 Å². The fraction of sp³-hybridized carbons (Fsp3) is 1.00. The van der Waals surface area contributed by atoms with E-state index in [1.54, 1.807) is 0 Å². The van der Waals surface area contributed by atoms with Crippen LogP contribution in [-0.2, 0) is 10.1 Å². The van der Waals surface area contributed by atoms with E-state index in [1.807, 2.05) is 13.8 Å². The minimum absolute atomic E-state index is 0.300. The van der Waals surface area contributed by atoms with Crippen LogP contribution in [0.15, 0.2) is 0 Å². The summed E-state index contributed by atoms with van der Waals surface area (Å²) < 4.78 is 30.1. The molecular weight excluding hydrogens is 172 g/mol. The predicted molar refractivity (Wildman–Crippen MR) is 41.9 cm³/mol. The van der Waals surface area contributed by atoms with Crippen LogP contribution in [0.25, 0.3) is 0 Å². The normalized spacial score (nSPS) is 12.4. The summed E-state index contributed by atoms with van der Waals surface area (Å²) in [6.45, 7) is 3.95. The van der Waals surface area contributed by atoms with Gasteiger partial charge in [-0.1, -0.05) is 13.8 Å². The van der Waals surface area contributed by atoms with Crippen LogP contribution in [0.1, 0.15) is 13.8 Å². The molecular formula is C5H11O3S2-. The summed E-state index contributed by atoms with van der Waals surface area (Å²) in [4.78, 5) is 0. The first-order chi connectivity index (χ1) is 4.42. The Hall–Kier alpha value is 0.260. The van der Waals surface area contributed by atoms with Crippen molar-refractivity contribution in [2.75, 3.05) is 10.8 Å². The molecule has 0 saturated heterocycles. The van der Waals surface area contributed by atoms with Gasteiger partial charge < -0.3 is 4.55 Å². The molecule has 5 heteroatoms. The van der Waals surface area contributed by atoms with Gasteiger partial charge in [0.25, 0.3) is 0 Å². The number of hydrogen-bond donors (Lipinski definition) is 0. The SMILES string of the molecule is CC(C)CSCS(=O)(=O)[O-]. The maximum atomic E-state index is 10.0. The first kappa shape index (κ1) is 10.3. The van der Waals surface area contributed by atoms with Crippen LogP contribution in [0.4, 0.5) is 0 Å². The molecule has 0 bridgehead atoms. The fourth-order valence-electron chi connectivity index (χ4n) is 0.386. The van der Waals surface area contributed by atoms with E-state index >= 15 is 0 Å². The van der Waals surface area contributed by atoms with Gasteiger partial charge in [0.2, 0.25) is 0 Å². The molecule has 0 aliphatic heterocycles. The van der Waals surface area contributed by atoms with E-state index in [0.29, 0.717) is 5.92 Å². The second-order valence-corrected chi connectivity index (χ2v) is 5.24. The van der Waals surface area contributed by atoms with Gasteiger partial charge in [-0.25, -0.2) is 8.42 Å². The quantitative estimate of drug-likeness (QED) is 0.607. The Balaban J connectivity index is 3.39. The van der Waals surface area contributed by atoms with Crippen LogP contribution >= 0.6 is 11.8 Å². The van der Waals surface area contributed by atoms with E-state index in [1.165, 1.54) is 11.8 Å². The highest BCUT2D eigenvalue weighted by atomic mass is 32.3. The van der Waals surface area contributed by atoms with Crippen molar-refractivity contribution in [3.8, 4) is 0 Å². The summed E-state index contributed by atoms with van der Waals surface area (Å²) in [5.41, 5.74) is 0. The molecule has 0 radical (unpaired) electrons. The van der Waals surface area contributed by atoms with Gasteiger partial charge in [0, 0.05) is 0 Å². The van der Waals surface area contributed by atoms with Crippen molar-refractivity contribution in [1.29, 1.82) is 0 Å². The maximum absolute atomic E-state index is 10.0. The molecule has 0 aliphatic rings. The van der Waals surface area contributed by atoms with Gasteiger partial charge in [-0.2, -0.15) is 0 Å². The van der Waals surface area contributed by atoms with Crippen LogP contribution in [0.2, 0.25) is 0 Å². The van der Waals surface area contributed by atoms with Crippen LogP contribution in [0.5, 0.6) is 0 Å². The highest BCUT2D eigenvalue weighted by molar-refractivity contribution is 8.10. The summed E-state index contributed by atoms with van der Waals surface area (Å²) in [6.07, 6.45) is 0. The summed E-state index contributed by atoms with van der Waals surface area (Å²) in [6, 6.07) is 0. The lowest BCUT2D eigenvalue weighted by atomic mass is 10.3. The molecule has 0 heterocycles. The second kappa shape index (κ2) is 4.20. The highest BCUT2D eigenvalue weighted by Gasteiger charge is 1.97. The third kappa shape index (κ3) is 8.26. The van der Waals surface area contributed by atoms with Gasteiger partial charge in [-0.3, -0.25) is 0 Å². The minimum atomic E-state index is -4.01. The summed E-state index contributed by atoms with van der Waals surface area (Å²) >= 11 is 1.17. The zero-order valence-electron chi connectivity index (χ0n) is 6.03. The van der Waals surface area contributed by atoms with E-state index in [4.69, 9.17) is 0 Å². The van der Waals surface area contributed by atoms with E-state index in [9.17, 15) is 13.0 Å². The summed E-state index contributed by atoms with van der Waals surface area (Å²) in [5, 5.41) is -0.300. The van der Waals surface area contributed by atoms with Crippen LogP contribution < -0.4 is 0 Å². The Morgan fingerprint density at radius 1 is 1.50 bits per heavy atom. The van der Waals surface area contributed by atoms with E-state index in [2.05, 4.69) is 0 Å². The molecule has 0 unspecified atom stereocenters. The van der Waals surface area contributed by atoms with Gasteiger partial charge in [-0.05, 0) is 11.7 Å². The standard InChI is InChI=1S/C5H12O3S2/c1-5(2)3-9-4-10(6,7)8/h5H,3-4H2,1-2H3,(H,6,7,8)/p-1. The summed E-state index contributed by atoms with van der Waals surface area (Å²) in [5.74, 6) is 1.16. The molecule has 0 fully saturated rings. The van der Waals surface area contributed by atoms with Gasteiger partial charge in [0.15, 0.2) is 0 Å². The number of rotatable bonds is 4. The first-order valence-corrected chi connectivity index (χ1v) is 5.66. The van der Waals surface area contributed by atoms with E-state index in [-0.39, 0.29) is 5.08 Å².